The molecule has 0 amide bonds. The van der Waals surface area contributed by atoms with Gasteiger partial charge in [-0.05, 0) is 105 Å². The smallest absolute Gasteiger partial charge is 0.330 e. The van der Waals surface area contributed by atoms with Crippen LogP contribution < -0.4 is 0 Å². The lowest BCUT2D eigenvalue weighted by Gasteiger charge is -2.64. The topological polar surface area (TPSA) is 63.6 Å². The van der Waals surface area contributed by atoms with Crippen LogP contribution in [0.5, 0.6) is 0 Å². The van der Waals surface area contributed by atoms with Gasteiger partial charge in [0.15, 0.2) is 0 Å². The van der Waals surface area contributed by atoms with E-state index in [0.717, 1.165) is 32.1 Å². The van der Waals surface area contributed by atoms with E-state index in [-0.39, 0.29) is 28.3 Å². The summed E-state index contributed by atoms with van der Waals surface area (Å²) in [6.07, 6.45) is 14.8. The third kappa shape index (κ3) is 4.09. The summed E-state index contributed by atoms with van der Waals surface area (Å²) in [4.78, 5) is 23.0. The fraction of sp³-hybridized carbons (Fsp3) is 0.812. The van der Waals surface area contributed by atoms with Gasteiger partial charge in [-0.25, -0.2) is 4.79 Å². The Hall–Kier alpha value is -1.58. The number of hydrogen-bond acceptors (Lipinski definition) is 3. The van der Waals surface area contributed by atoms with E-state index < -0.39 is 5.97 Å². The number of fused-ring (bicyclic) bond motifs is 5. The van der Waals surface area contributed by atoms with Crippen molar-refractivity contribution in [2.24, 2.45) is 45.3 Å². The molecule has 0 aromatic carbocycles. The maximum absolute atomic E-state index is 11.8. The Morgan fingerprint density at radius 2 is 1.78 bits per heavy atom. The third-order valence-corrected chi connectivity index (χ3v) is 12.2. The Labute approximate surface area is 219 Å². The summed E-state index contributed by atoms with van der Waals surface area (Å²) >= 11 is 0. The molecular formula is C32H50O4. The molecule has 36 heavy (non-hydrogen) atoms. The first-order chi connectivity index (χ1) is 16.7. The molecule has 3 unspecified atom stereocenters. The van der Waals surface area contributed by atoms with Crippen molar-refractivity contribution in [2.75, 3.05) is 0 Å². The molecule has 4 heteroatoms. The van der Waals surface area contributed by atoms with Gasteiger partial charge in [0.25, 0.3) is 0 Å². The Balaban J connectivity index is 1.57. The molecular weight excluding hydrogens is 448 g/mol. The van der Waals surface area contributed by atoms with Crippen molar-refractivity contribution >= 4 is 11.9 Å². The minimum atomic E-state index is -0.803. The average molecular weight is 499 g/mol. The predicted octanol–water partition coefficient (Wildman–Crippen LogP) is 7.97. The maximum atomic E-state index is 11.8. The molecule has 3 saturated carbocycles. The van der Waals surface area contributed by atoms with E-state index in [0.29, 0.717) is 34.7 Å². The van der Waals surface area contributed by atoms with E-state index in [9.17, 15) is 14.7 Å². The van der Waals surface area contributed by atoms with E-state index >= 15 is 0 Å². The summed E-state index contributed by atoms with van der Waals surface area (Å²) in [5.74, 6) is 1.49. The first-order valence-corrected chi connectivity index (χ1v) is 14.5. The Kier molecular flexibility index (Phi) is 7.10. The van der Waals surface area contributed by atoms with Crippen LogP contribution in [0.25, 0.3) is 0 Å². The lowest BCUT2D eigenvalue weighted by molar-refractivity contribution is -0.174. The molecule has 0 saturated heterocycles. The zero-order valence-electron chi connectivity index (χ0n) is 24.1. The second kappa shape index (κ2) is 9.31. The van der Waals surface area contributed by atoms with E-state index in [4.69, 9.17) is 4.74 Å². The molecule has 0 bridgehead atoms. The predicted molar refractivity (Wildman–Crippen MR) is 144 cm³/mol. The van der Waals surface area contributed by atoms with Crippen LogP contribution in [0.4, 0.5) is 0 Å². The summed E-state index contributed by atoms with van der Waals surface area (Å²) in [6.45, 7) is 18.0. The molecule has 0 aromatic heterocycles. The van der Waals surface area contributed by atoms with Crippen LogP contribution in [0.15, 0.2) is 23.3 Å². The van der Waals surface area contributed by atoms with E-state index in [2.05, 4.69) is 47.6 Å². The standard InChI is InChI=1S/C32H50O4/c1-20(10-9-11-21(2)28(34)35)23-14-18-32(8)25-12-13-26-29(4,5)27(36-22(3)33)16-17-30(26,6)24(25)15-19-31(23,32)7/h11-12,20,23-24,26-27H,9-10,13-19H2,1-8H3,(H,34,35)/b21-11-/t20?,23-,24?,26?,27-,30+,31-,32+/m0/s1. The Morgan fingerprint density at radius 3 is 2.42 bits per heavy atom. The number of esters is 1. The molecule has 0 spiro atoms. The molecule has 0 aromatic rings. The van der Waals surface area contributed by atoms with Gasteiger partial charge in [0.1, 0.15) is 6.10 Å². The normalized spacial score (nSPS) is 42.4. The molecule has 0 heterocycles. The average Bonchev–Trinajstić information content (AvgIpc) is 3.07. The fourth-order valence-electron chi connectivity index (χ4n) is 9.90. The van der Waals surface area contributed by atoms with Gasteiger partial charge >= 0.3 is 11.9 Å². The summed E-state index contributed by atoms with van der Waals surface area (Å²) in [5.41, 5.74) is 2.99. The number of hydrogen-bond donors (Lipinski definition) is 1. The van der Waals surface area contributed by atoms with E-state index in [1.54, 1.807) is 19.4 Å². The number of rotatable bonds is 6. The number of carbonyl (C=O) groups is 2. The van der Waals surface area contributed by atoms with Crippen molar-refractivity contribution < 1.29 is 19.4 Å². The molecule has 4 nitrogen and oxygen atoms in total. The van der Waals surface area contributed by atoms with Crippen LogP contribution in [0, 0.1) is 45.3 Å². The van der Waals surface area contributed by atoms with Crippen molar-refractivity contribution in [1.29, 1.82) is 0 Å². The molecule has 0 radical (unpaired) electrons. The van der Waals surface area contributed by atoms with Gasteiger partial charge in [0.05, 0.1) is 0 Å². The number of aliphatic carboxylic acids is 1. The van der Waals surface area contributed by atoms with Crippen LogP contribution in [0.1, 0.15) is 113 Å². The van der Waals surface area contributed by atoms with Crippen LogP contribution >= 0.6 is 0 Å². The van der Waals surface area contributed by atoms with Crippen LogP contribution in [-0.2, 0) is 14.3 Å². The number of carboxylic acid groups (broad SMARTS) is 1. The molecule has 4 rings (SSSR count). The molecule has 1 N–H and O–H groups in total. The lowest BCUT2D eigenvalue weighted by Crippen LogP contribution is -2.58. The van der Waals surface area contributed by atoms with Gasteiger partial charge < -0.3 is 9.84 Å². The Morgan fingerprint density at radius 1 is 1.08 bits per heavy atom. The molecule has 4 aliphatic rings. The molecule has 4 aliphatic carbocycles. The second-order valence-corrected chi connectivity index (χ2v) is 14.1. The highest BCUT2D eigenvalue weighted by molar-refractivity contribution is 5.85. The highest BCUT2D eigenvalue weighted by Crippen LogP contribution is 2.73. The molecule has 0 aliphatic heterocycles. The van der Waals surface area contributed by atoms with Crippen LogP contribution in [0.3, 0.4) is 0 Å². The third-order valence-electron chi connectivity index (χ3n) is 12.2. The minimum absolute atomic E-state index is 0.0167. The van der Waals surface area contributed by atoms with E-state index in [1.165, 1.54) is 25.7 Å². The number of carboxylic acids is 1. The second-order valence-electron chi connectivity index (χ2n) is 14.1. The van der Waals surface area contributed by atoms with Crippen molar-refractivity contribution in [3.63, 3.8) is 0 Å². The molecule has 202 valence electrons. The zero-order valence-corrected chi connectivity index (χ0v) is 24.1. The van der Waals surface area contributed by atoms with Crippen molar-refractivity contribution in [3.05, 3.63) is 23.3 Å². The highest BCUT2D eigenvalue weighted by atomic mass is 16.5. The largest absolute Gasteiger partial charge is 0.478 e. The van der Waals surface area contributed by atoms with Gasteiger partial charge in [-0.2, -0.15) is 0 Å². The first kappa shape index (κ1) is 27.5. The zero-order chi connectivity index (χ0) is 26.7. The molecule has 8 atom stereocenters. The first-order valence-electron chi connectivity index (χ1n) is 14.5. The lowest BCUT2D eigenvalue weighted by atomic mass is 9.41. The quantitative estimate of drug-likeness (QED) is 0.229. The summed E-state index contributed by atoms with van der Waals surface area (Å²) < 4.78 is 5.85. The van der Waals surface area contributed by atoms with Gasteiger partial charge in [0.2, 0.25) is 0 Å². The van der Waals surface area contributed by atoms with Crippen molar-refractivity contribution in [2.45, 2.75) is 119 Å². The fourth-order valence-corrected chi connectivity index (χ4v) is 9.90. The maximum Gasteiger partial charge on any atom is 0.330 e. The van der Waals surface area contributed by atoms with Gasteiger partial charge in [-0.1, -0.05) is 59.3 Å². The Bertz CT molecular complexity index is 959. The summed E-state index contributed by atoms with van der Waals surface area (Å²) in [7, 11) is 0. The summed E-state index contributed by atoms with van der Waals surface area (Å²) in [6, 6.07) is 0. The van der Waals surface area contributed by atoms with Crippen LogP contribution in [0.2, 0.25) is 0 Å². The van der Waals surface area contributed by atoms with Gasteiger partial charge in [-0.3, -0.25) is 4.79 Å². The number of carbonyl (C=O) groups excluding carboxylic acids is 1. The summed E-state index contributed by atoms with van der Waals surface area (Å²) in [5, 5.41) is 9.19. The minimum Gasteiger partial charge on any atom is -0.478 e. The number of ether oxygens (including phenoxy) is 1. The van der Waals surface area contributed by atoms with Gasteiger partial charge in [-0.15, -0.1) is 0 Å². The van der Waals surface area contributed by atoms with Crippen molar-refractivity contribution in [3.8, 4) is 0 Å². The van der Waals surface area contributed by atoms with E-state index in [1.807, 2.05) is 6.08 Å². The number of allylic oxidation sites excluding steroid dienone is 3. The SMILES string of the molecule is CC(=O)O[C@H]1CC[C@]2(C)C3CC[C@@]4(C)[C@H](C(C)CC/C=C(/C)C(=O)O)CC[C@]4(C)C3=CCC2C1(C)C. The molecule has 3 fully saturated rings. The van der Waals surface area contributed by atoms with Crippen LogP contribution in [-0.4, -0.2) is 23.1 Å². The monoisotopic (exact) mass is 498 g/mol. The highest BCUT2D eigenvalue weighted by Gasteiger charge is 2.65. The van der Waals surface area contributed by atoms with Gasteiger partial charge in [0, 0.05) is 17.9 Å². The van der Waals surface area contributed by atoms with Crippen molar-refractivity contribution in [1.82, 2.24) is 0 Å².